The lowest BCUT2D eigenvalue weighted by molar-refractivity contribution is -0.695. The van der Waals surface area contributed by atoms with Gasteiger partial charge >= 0.3 is 7.82 Å². The van der Waals surface area contributed by atoms with Crippen LogP contribution in [0.5, 0.6) is 23.0 Å². The van der Waals surface area contributed by atoms with Crippen LogP contribution in [0.4, 0.5) is 0 Å². The molecule has 1 unspecified atom stereocenters. The van der Waals surface area contributed by atoms with E-state index >= 15 is 0 Å². The molecule has 1 aromatic heterocycles. The third-order valence-electron chi connectivity index (χ3n) is 7.27. The third kappa shape index (κ3) is 11.6. The molecule has 7 nitrogen and oxygen atoms in total. The fraction of sp³-hybridized carbons (Fsp3) is 0.545. The Bertz CT molecular complexity index is 1240. The zero-order valence-electron chi connectivity index (χ0n) is 25.8. The monoisotopic (exact) mass is 617 g/mol. The van der Waals surface area contributed by atoms with Gasteiger partial charge in [0.05, 0.1) is 19.1 Å². The van der Waals surface area contributed by atoms with Crippen LogP contribution < -0.4 is 28.0 Å². The summed E-state index contributed by atoms with van der Waals surface area (Å²) >= 11 is 1.68. The average molecular weight is 618 g/mol. The van der Waals surface area contributed by atoms with Crippen molar-refractivity contribution < 1.29 is 32.5 Å². The Morgan fingerprint density at radius 3 is 2.07 bits per heavy atom. The van der Waals surface area contributed by atoms with Crippen LogP contribution in [0, 0.1) is 13.8 Å². The maximum absolute atomic E-state index is 12.9. The van der Waals surface area contributed by atoms with Gasteiger partial charge in [-0.2, -0.15) is 4.57 Å². The van der Waals surface area contributed by atoms with Gasteiger partial charge in [0.25, 0.3) is 0 Å². The van der Waals surface area contributed by atoms with Gasteiger partial charge in [-0.1, -0.05) is 107 Å². The molecule has 1 heterocycles. The number of hydrogen-bond acceptors (Lipinski definition) is 7. The number of phosphoric acid groups is 1. The summed E-state index contributed by atoms with van der Waals surface area (Å²) in [5.74, 6) is 0.887. The molecule has 0 spiro atoms. The molecule has 0 N–H and O–H groups in total. The molecule has 232 valence electrons. The van der Waals surface area contributed by atoms with E-state index in [1.807, 2.05) is 13.0 Å². The van der Waals surface area contributed by atoms with Crippen LogP contribution in [0.15, 0.2) is 47.8 Å². The van der Waals surface area contributed by atoms with E-state index in [0.717, 1.165) is 24.1 Å². The normalized spacial score (nSPS) is 12.6. The minimum atomic E-state index is -4.76. The first-order valence-corrected chi connectivity index (χ1v) is 17.7. The molecule has 2 aromatic carbocycles. The van der Waals surface area contributed by atoms with Gasteiger partial charge in [-0.15, -0.1) is 0 Å². The molecular weight excluding hydrogens is 569 g/mol. The minimum Gasteiger partial charge on any atom is -0.736 e. The summed E-state index contributed by atoms with van der Waals surface area (Å²) in [6, 6.07) is 12.0. The van der Waals surface area contributed by atoms with Crippen LogP contribution >= 0.6 is 19.2 Å². The number of benzene rings is 2. The van der Waals surface area contributed by atoms with Crippen LogP contribution in [0.1, 0.15) is 100 Å². The van der Waals surface area contributed by atoms with E-state index in [1.165, 1.54) is 82.4 Å². The second-order valence-corrected chi connectivity index (χ2v) is 13.1. The van der Waals surface area contributed by atoms with E-state index in [4.69, 9.17) is 18.5 Å². The number of aryl methyl sites for hydroxylation is 2. The molecule has 0 aliphatic heterocycles. The van der Waals surface area contributed by atoms with Crippen molar-refractivity contribution in [1.29, 1.82) is 0 Å². The number of methoxy groups -OCH3 is 1. The molecule has 0 saturated heterocycles. The molecule has 0 aliphatic carbocycles. The van der Waals surface area contributed by atoms with E-state index in [-0.39, 0.29) is 17.2 Å². The predicted octanol–water partition coefficient (Wildman–Crippen LogP) is 8.72. The Morgan fingerprint density at radius 1 is 0.833 bits per heavy atom. The Balaban J connectivity index is 1.44. The van der Waals surface area contributed by atoms with Crippen LogP contribution in [-0.4, -0.2) is 13.7 Å². The van der Waals surface area contributed by atoms with Crippen molar-refractivity contribution in [2.24, 2.45) is 0 Å². The number of ether oxygens (including phenoxy) is 2. The lowest BCUT2D eigenvalue weighted by atomic mass is 10.1. The van der Waals surface area contributed by atoms with Gasteiger partial charge in [0.1, 0.15) is 5.75 Å². The van der Waals surface area contributed by atoms with Crippen LogP contribution in [0.3, 0.4) is 0 Å². The molecule has 3 rings (SSSR count). The van der Waals surface area contributed by atoms with Gasteiger partial charge in [-0.3, -0.25) is 0 Å². The number of aromatic nitrogens is 1. The summed E-state index contributed by atoms with van der Waals surface area (Å²) in [7, 11) is -3.29. The van der Waals surface area contributed by atoms with E-state index < -0.39 is 7.82 Å². The number of para-hydroxylation sites is 1. The average Bonchev–Trinajstić information content (AvgIpc) is 3.27. The number of nitrogens with zero attached hydrogens (tertiary/aromatic N) is 1. The smallest absolute Gasteiger partial charge is 0.372 e. The van der Waals surface area contributed by atoms with Gasteiger partial charge in [0, 0.05) is 19.4 Å². The minimum absolute atomic E-state index is 0.0271. The van der Waals surface area contributed by atoms with Gasteiger partial charge in [0.2, 0.25) is 10.8 Å². The molecule has 0 saturated carbocycles. The molecule has 1 atom stereocenters. The van der Waals surface area contributed by atoms with Crippen molar-refractivity contribution in [2.75, 3.05) is 13.7 Å². The van der Waals surface area contributed by atoms with Crippen LogP contribution in [0.2, 0.25) is 0 Å². The number of unbranched alkanes of at least 4 members (excludes halogenated alkanes) is 11. The summed E-state index contributed by atoms with van der Waals surface area (Å²) in [6.45, 7) is 7.51. The first-order valence-electron chi connectivity index (χ1n) is 15.4. The largest absolute Gasteiger partial charge is 0.736 e. The summed E-state index contributed by atoms with van der Waals surface area (Å²) in [5, 5.41) is 3.27. The Kier molecular flexibility index (Phi) is 14.7. The SMILES string of the molecule is CCCCCCCCCCCCCCOc1cccc(OP(=O)([O-])Oc2cccc(C[n+]3c(C)csc3C)c2)c1OC. The van der Waals surface area contributed by atoms with Crippen LogP contribution in [0.25, 0.3) is 0 Å². The zero-order valence-corrected chi connectivity index (χ0v) is 27.5. The van der Waals surface area contributed by atoms with Crippen molar-refractivity contribution in [1.82, 2.24) is 0 Å². The quantitative estimate of drug-likeness (QED) is 0.0676. The van der Waals surface area contributed by atoms with Gasteiger partial charge in [-0.05, 0) is 30.7 Å². The Hall–Kier alpha value is -2.54. The van der Waals surface area contributed by atoms with Gasteiger partial charge in [-0.25, -0.2) is 4.57 Å². The molecule has 0 fully saturated rings. The van der Waals surface area contributed by atoms with E-state index in [9.17, 15) is 9.46 Å². The molecule has 42 heavy (non-hydrogen) atoms. The van der Waals surface area contributed by atoms with Gasteiger partial charge in [0.15, 0.2) is 23.7 Å². The Labute approximate surface area is 256 Å². The third-order valence-corrected chi connectivity index (χ3v) is 9.15. The maximum Gasteiger partial charge on any atom is 0.372 e. The molecular formula is C33H48NO6PS. The molecule has 9 heteroatoms. The number of rotatable bonds is 21. The molecule has 0 amide bonds. The summed E-state index contributed by atoms with van der Waals surface area (Å²) < 4.78 is 37.1. The molecule has 0 radical (unpaired) electrons. The number of phosphoric ester groups is 1. The lowest BCUT2D eigenvalue weighted by Crippen LogP contribution is -2.37. The number of thiazole rings is 1. The topological polar surface area (TPSA) is 80.9 Å². The first kappa shape index (κ1) is 34.0. The van der Waals surface area contributed by atoms with E-state index in [2.05, 4.69) is 23.8 Å². The molecule has 3 aromatic rings. The summed E-state index contributed by atoms with van der Waals surface area (Å²) in [6.07, 6.45) is 15.3. The summed E-state index contributed by atoms with van der Waals surface area (Å²) in [4.78, 5) is 12.9. The molecule has 0 bridgehead atoms. The first-order chi connectivity index (χ1) is 20.3. The predicted molar refractivity (Wildman–Crippen MR) is 168 cm³/mol. The van der Waals surface area contributed by atoms with Crippen molar-refractivity contribution in [3.05, 3.63) is 64.1 Å². The van der Waals surface area contributed by atoms with Crippen LogP contribution in [-0.2, 0) is 11.1 Å². The highest BCUT2D eigenvalue weighted by atomic mass is 32.1. The second kappa shape index (κ2) is 18.2. The fourth-order valence-electron chi connectivity index (χ4n) is 4.94. The zero-order chi connectivity index (χ0) is 30.2. The second-order valence-electron chi connectivity index (χ2n) is 10.8. The summed E-state index contributed by atoms with van der Waals surface area (Å²) in [5.41, 5.74) is 2.07. The maximum atomic E-state index is 12.9. The van der Waals surface area contributed by atoms with Crippen molar-refractivity contribution in [3.8, 4) is 23.0 Å². The van der Waals surface area contributed by atoms with Gasteiger partial charge < -0.3 is 23.4 Å². The molecule has 0 aliphatic rings. The van der Waals surface area contributed by atoms with Crippen molar-refractivity contribution in [2.45, 2.75) is 104 Å². The fourth-order valence-corrected chi connectivity index (χ4v) is 6.54. The standard InChI is InChI=1S/C33H48NO6PS/c1-5-6-7-8-9-10-11-12-13-14-15-16-23-38-31-21-18-22-32(33(31)37-4)40-41(35,36)39-30-20-17-19-29(24-30)25-34-27(2)26-42-28(34)3/h17-22,24,26H,5-16,23,25H2,1-4H3. The highest BCUT2D eigenvalue weighted by molar-refractivity contribution is 7.46. The van der Waals surface area contributed by atoms with Crippen molar-refractivity contribution >= 4 is 19.2 Å². The van der Waals surface area contributed by atoms with E-state index in [1.54, 1.807) is 41.7 Å². The highest BCUT2D eigenvalue weighted by Gasteiger charge is 2.20. The van der Waals surface area contributed by atoms with Crippen molar-refractivity contribution in [3.63, 3.8) is 0 Å². The highest BCUT2D eigenvalue weighted by Crippen LogP contribution is 2.46. The lowest BCUT2D eigenvalue weighted by Gasteiger charge is -2.25. The number of hydrogen-bond donors (Lipinski definition) is 0. The Morgan fingerprint density at radius 2 is 1.45 bits per heavy atom. The van der Waals surface area contributed by atoms with E-state index in [0.29, 0.717) is 18.9 Å².